The van der Waals surface area contributed by atoms with Crippen LogP contribution in [0.5, 0.6) is 11.5 Å². The largest absolute Gasteiger partial charge is 0.496 e. The van der Waals surface area contributed by atoms with Crippen LogP contribution in [0.1, 0.15) is 41.6 Å². The van der Waals surface area contributed by atoms with E-state index >= 15 is 0 Å². The number of alkyl halides is 2. The first kappa shape index (κ1) is 21.8. The lowest BCUT2D eigenvalue weighted by Gasteiger charge is -2.21. The monoisotopic (exact) mass is 458 g/mol. The Hall–Kier alpha value is -3.04. The second-order valence-electron chi connectivity index (χ2n) is 8.62. The number of rotatable bonds is 8. The number of nitrogens with zero attached hydrogens (tertiary/aromatic N) is 2. The maximum Gasteiger partial charge on any atom is 0.387 e. The molecule has 2 fully saturated rings. The van der Waals surface area contributed by atoms with Crippen molar-refractivity contribution in [3.8, 4) is 22.8 Å². The second kappa shape index (κ2) is 8.39. The van der Waals surface area contributed by atoms with Crippen LogP contribution in [0.3, 0.4) is 0 Å². The molecule has 1 atom stereocenters. The van der Waals surface area contributed by atoms with Gasteiger partial charge in [-0.2, -0.15) is 8.78 Å². The van der Waals surface area contributed by atoms with Crippen molar-refractivity contribution in [3.63, 3.8) is 0 Å². The number of imidazole rings is 1. The molecule has 2 aromatic heterocycles. The molecule has 1 aliphatic heterocycles. The number of carbonyl (C=O) groups excluding carboxylic acids is 1. The summed E-state index contributed by atoms with van der Waals surface area (Å²) < 4.78 is 43.7. The smallest absolute Gasteiger partial charge is 0.387 e. The molecular formula is C24H24F2N2O5. The highest BCUT2D eigenvalue weighted by Crippen LogP contribution is 2.40. The fourth-order valence-corrected chi connectivity index (χ4v) is 4.31. The molecular weight excluding hydrogens is 434 g/mol. The fraction of sp³-hybridized carbons (Fsp3) is 0.417. The topological polar surface area (TPSA) is 82.3 Å². The Kier molecular flexibility index (Phi) is 5.54. The third-order valence-electron chi connectivity index (χ3n) is 6.30. The van der Waals surface area contributed by atoms with Gasteiger partial charge in [-0.25, -0.2) is 4.98 Å². The number of carbonyl (C=O) groups is 1. The number of ketones is 1. The van der Waals surface area contributed by atoms with Crippen LogP contribution in [0, 0.1) is 5.92 Å². The molecule has 1 saturated carbocycles. The Morgan fingerprint density at radius 1 is 1.33 bits per heavy atom. The summed E-state index contributed by atoms with van der Waals surface area (Å²) >= 11 is 0. The summed E-state index contributed by atoms with van der Waals surface area (Å²) in [5.74, 6) is -0.0209. The van der Waals surface area contributed by atoms with Crippen molar-refractivity contribution in [3.05, 3.63) is 47.8 Å². The predicted molar refractivity (Wildman–Crippen MR) is 115 cm³/mol. The maximum atomic E-state index is 13.2. The summed E-state index contributed by atoms with van der Waals surface area (Å²) in [6.45, 7) is -2.38. The van der Waals surface area contributed by atoms with Crippen LogP contribution < -0.4 is 9.47 Å². The van der Waals surface area contributed by atoms with Crippen LogP contribution in [-0.2, 0) is 10.3 Å². The molecule has 0 radical (unpaired) electrons. The summed E-state index contributed by atoms with van der Waals surface area (Å²) in [6.07, 6.45) is 6.06. The van der Waals surface area contributed by atoms with Gasteiger partial charge in [-0.3, -0.25) is 9.20 Å². The maximum absolute atomic E-state index is 13.2. The van der Waals surface area contributed by atoms with Gasteiger partial charge in [-0.05, 0) is 48.6 Å². The Balaban J connectivity index is 1.57. The van der Waals surface area contributed by atoms with Crippen LogP contribution in [0.4, 0.5) is 8.78 Å². The highest BCUT2D eigenvalue weighted by molar-refractivity contribution is 6.02. The number of benzene rings is 1. The van der Waals surface area contributed by atoms with Gasteiger partial charge in [-0.1, -0.05) is 0 Å². The van der Waals surface area contributed by atoms with Crippen LogP contribution in [0.2, 0.25) is 0 Å². The van der Waals surface area contributed by atoms with E-state index in [1.54, 1.807) is 35.0 Å². The molecule has 0 amide bonds. The van der Waals surface area contributed by atoms with Crippen molar-refractivity contribution in [2.45, 2.75) is 37.9 Å². The molecule has 5 rings (SSSR count). The van der Waals surface area contributed by atoms with Gasteiger partial charge in [0.1, 0.15) is 28.3 Å². The zero-order valence-electron chi connectivity index (χ0n) is 18.1. The summed E-state index contributed by atoms with van der Waals surface area (Å²) in [7, 11) is 1.39. The summed E-state index contributed by atoms with van der Waals surface area (Å²) in [5, 5.41) is 10.8. The van der Waals surface area contributed by atoms with Gasteiger partial charge in [0.05, 0.1) is 25.6 Å². The molecule has 9 heteroatoms. The van der Waals surface area contributed by atoms with Crippen molar-refractivity contribution in [2.75, 3.05) is 20.3 Å². The van der Waals surface area contributed by atoms with Gasteiger partial charge in [0, 0.05) is 31.2 Å². The first-order valence-corrected chi connectivity index (χ1v) is 10.9. The van der Waals surface area contributed by atoms with Crippen molar-refractivity contribution < 1.29 is 32.9 Å². The third-order valence-corrected chi connectivity index (χ3v) is 6.30. The zero-order chi connectivity index (χ0) is 23.2. The van der Waals surface area contributed by atoms with E-state index in [1.165, 1.54) is 13.2 Å². The molecule has 3 aromatic rings. The lowest BCUT2D eigenvalue weighted by atomic mass is 9.94. The average molecular weight is 458 g/mol. The molecule has 174 valence electrons. The summed E-state index contributed by atoms with van der Waals surface area (Å²) in [6, 6.07) is 6.62. The van der Waals surface area contributed by atoms with Gasteiger partial charge in [0.25, 0.3) is 0 Å². The van der Waals surface area contributed by atoms with Crippen LogP contribution in [-0.4, -0.2) is 47.2 Å². The Morgan fingerprint density at radius 3 is 2.79 bits per heavy atom. The highest BCUT2D eigenvalue weighted by atomic mass is 19.3. The quantitative estimate of drug-likeness (QED) is 0.510. The number of aliphatic hydroxyl groups is 1. The molecule has 1 saturated heterocycles. The van der Waals surface area contributed by atoms with Crippen LogP contribution >= 0.6 is 0 Å². The highest BCUT2D eigenvalue weighted by Gasteiger charge is 2.34. The van der Waals surface area contributed by atoms with Crippen LogP contribution in [0.15, 0.2) is 36.7 Å². The Morgan fingerprint density at radius 2 is 2.12 bits per heavy atom. The molecule has 3 heterocycles. The molecule has 1 aliphatic carbocycles. The molecule has 7 nitrogen and oxygen atoms in total. The number of Topliss-reactive ketones (excluding diaryl/α,β-unsaturated/α-hetero) is 1. The van der Waals surface area contributed by atoms with Crippen molar-refractivity contribution >= 4 is 11.4 Å². The zero-order valence-corrected chi connectivity index (χ0v) is 18.1. The lowest BCUT2D eigenvalue weighted by Crippen LogP contribution is -2.25. The normalized spacial score (nSPS) is 20.5. The minimum absolute atomic E-state index is 0.0352. The minimum atomic E-state index is -3.09. The standard InChI is InChI=1S/C24H24F2N2O5/c1-31-19-9-15(10-20(33-23(25)26)22(19)18(29)8-14-2-3-14)17-12-27-21-11-16(4-6-28(17)21)24(30)5-7-32-13-24/h4,6,9-12,14,23,30H,2-3,5,7-8,13H2,1H3. The summed E-state index contributed by atoms with van der Waals surface area (Å²) in [4.78, 5) is 17.2. The molecule has 1 unspecified atom stereocenters. The van der Waals surface area contributed by atoms with E-state index in [2.05, 4.69) is 4.98 Å². The first-order chi connectivity index (χ1) is 15.9. The van der Waals surface area contributed by atoms with Gasteiger partial charge >= 0.3 is 6.61 Å². The number of fused-ring (bicyclic) bond motifs is 1. The Labute approximate surface area is 188 Å². The van der Waals surface area contributed by atoms with Gasteiger partial charge in [-0.15, -0.1) is 0 Å². The van der Waals surface area contributed by atoms with Crippen molar-refractivity contribution in [2.24, 2.45) is 5.92 Å². The number of ether oxygens (including phenoxy) is 3. The molecule has 2 aliphatic rings. The molecule has 1 N–H and O–H groups in total. The Bertz CT molecular complexity index is 1200. The molecule has 1 aromatic carbocycles. The first-order valence-electron chi connectivity index (χ1n) is 10.9. The van der Waals surface area contributed by atoms with E-state index < -0.39 is 12.2 Å². The number of aromatic nitrogens is 2. The van der Waals surface area contributed by atoms with Crippen molar-refractivity contribution in [1.82, 2.24) is 9.38 Å². The van der Waals surface area contributed by atoms with E-state index in [-0.39, 0.29) is 41.8 Å². The van der Waals surface area contributed by atoms with E-state index in [1.807, 2.05) is 0 Å². The lowest BCUT2D eigenvalue weighted by molar-refractivity contribution is -0.0502. The number of halogens is 2. The number of pyridine rings is 1. The number of methoxy groups -OCH3 is 1. The van der Waals surface area contributed by atoms with E-state index in [9.17, 15) is 18.7 Å². The van der Waals surface area contributed by atoms with Gasteiger partial charge in [0.2, 0.25) is 0 Å². The van der Waals surface area contributed by atoms with E-state index in [0.717, 1.165) is 12.8 Å². The van der Waals surface area contributed by atoms with Gasteiger partial charge < -0.3 is 19.3 Å². The second-order valence-corrected chi connectivity index (χ2v) is 8.62. The average Bonchev–Trinajstić information content (AvgIpc) is 3.31. The molecule has 33 heavy (non-hydrogen) atoms. The fourth-order valence-electron chi connectivity index (χ4n) is 4.31. The number of hydrogen-bond acceptors (Lipinski definition) is 6. The minimum Gasteiger partial charge on any atom is -0.496 e. The van der Waals surface area contributed by atoms with Crippen LogP contribution in [0.25, 0.3) is 16.9 Å². The van der Waals surface area contributed by atoms with E-state index in [4.69, 9.17) is 14.2 Å². The summed E-state index contributed by atoms with van der Waals surface area (Å²) in [5.41, 5.74) is 1.36. The SMILES string of the molecule is COc1cc(-c2cnc3cc(C4(O)CCOC4)ccn23)cc(OC(F)F)c1C(=O)CC1CC1. The van der Waals surface area contributed by atoms with Gasteiger partial charge in [0.15, 0.2) is 5.78 Å². The predicted octanol–water partition coefficient (Wildman–Crippen LogP) is 4.20. The molecule has 0 spiro atoms. The molecule has 0 bridgehead atoms. The van der Waals surface area contributed by atoms with E-state index in [0.29, 0.717) is 35.5 Å². The number of hydrogen-bond donors (Lipinski definition) is 1. The third kappa shape index (κ3) is 4.18. The van der Waals surface area contributed by atoms with Crippen molar-refractivity contribution in [1.29, 1.82) is 0 Å².